The second-order valence-electron chi connectivity index (χ2n) is 6.06. The van der Waals surface area contributed by atoms with Crippen molar-refractivity contribution < 1.29 is 9.90 Å². The van der Waals surface area contributed by atoms with Gasteiger partial charge in [-0.05, 0) is 43.3 Å². The van der Waals surface area contributed by atoms with E-state index in [1.807, 2.05) is 48.5 Å². The van der Waals surface area contributed by atoms with Crippen molar-refractivity contribution >= 4 is 33.3 Å². The van der Waals surface area contributed by atoms with Crippen LogP contribution >= 0.6 is 0 Å². The largest absolute Gasteiger partial charge is 0.507 e. The molecule has 0 saturated heterocycles. The summed E-state index contributed by atoms with van der Waals surface area (Å²) in [5.41, 5.74) is 3.89. The molecular weight excluding hydrogens is 310 g/mol. The van der Waals surface area contributed by atoms with E-state index in [4.69, 9.17) is 0 Å². The number of aliphatic hydroxyl groups excluding tert-OH is 1. The minimum atomic E-state index is -0.177. The molecular formula is C22H17NO2. The lowest BCUT2D eigenvalue weighted by Crippen LogP contribution is -1.93. The number of carbonyl (C=O) groups is 1. The number of aliphatic hydroxyl groups is 1. The Bertz CT molecular complexity index is 1120. The van der Waals surface area contributed by atoms with E-state index >= 15 is 0 Å². The summed E-state index contributed by atoms with van der Waals surface area (Å²) < 4.78 is 2.21. The van der Waals surface area contributed by atoms with Gasteiger partial charge in [0.15, 0.2) is 5.78 Å². The molecule has 0 aliphatic heterocycles. The summed E-state index contributed by atoms with van der Waals surface area (Å²) in [4.78, 5) is 11.3. The van der Waals surface area contributed by atoms with Crippen LogP contribution in [-0.2, 0) is 4.79 Å². The van der Waals surface area contributed by atoms with Crippen molar-refractivity contribution in [3.63, 3.8) is 0 Å². The fraction of sp³-hybridized carbons (Fsp3) is 0.0455. The average Bonchev–Trinajstić information content (AvgIpc) is 2.95. The Kier molecular flexibility index (Phi) is 3.62. The second-order valence-corrected chi connectivity index (χ2v) is 6.06. The van der Waals surface area contributed by atoms with Gasteiger partial charge in [0.2, 0.25) is 0 Å². The molecule has 3 aromatic carbocycles. The molecule has 0 amide bonds. The molecule has 0 saturated carbocycles. The Balaban J connectivity index is 2.05. The number of nitrogens with zero attached hydrogens (tertiary/aromatic N) is 1. The predicted octanol–water partition coefficient (Wildman–Crippen LogP) is 5.27. The Labute approximate surface area is 145 Å². The Morgan fingerprint density at radius 2 is 1.56 bits per heavy atom. The van der Waals surface area contributed by atoms with Crippen LogP contribution in [0.2, 0.25) is 0 Å². The minimum absolute atomic E-state index is 0.00839. The molecule has 0 radical (unpaired) electrons. The number of ketones is 1. The van der Waals surface area contributed by atoms with Crippen molar-refractivity contribution in [2.24, 2.45) is 0 Å². The Hall–Kier alpha value is -3.33. The molecule has 1 N–H and O–H groups in total. The molecule has 3 nitrogen and oxygen atoms in total. The van der Waals surface area contributed by atoms with Gasteiger partial charge >= 0.3 is 0 Å². The first-order valence-corrected chi connectivity index (χ1v) is 8.15. The fourth-order valence-corrected chi connectivity index (χ4v) is 3.26. The second kappa shape index (κ2) is 5.95. The van der Waals surface area contributed by atoms with Gasteiger partial charge in [0.25, 0.3) is 0 Å². The third-order valence-corrected chi connectivity index (χ3v) is 4.32. The highest BCUT2D eigenvalue weighted by Gasteiger charge is 2.13. The van der Waals surface area contributed by atoms with Crippen LogP contribution in [0.15, 0.2) is 78.9 Å². The quantitative estimate of drug-likeness (QED) is 0.411. The summed E-state index contributed by atoms with van der Waals surface area (Å²) in [6.45, 7) is 1.43. The highest BCUT2D eigenvalue weighted by Crippen LogP contribution is 2.33. The fourth-order valence-electron chi connectivity index (χ4n) is 3.26. The van der Waals surface area contributed by atoms with E-state index in [0.29, 0.717) is 5.56 Å². The molecule has 1 aromatic heterocycles. The van der Waals surface area contributed by atoms with Crippen LogP contribution in [0, 0.1) is 0 Å². The number of benzene rings is 3. The maximum absolute atomic E-state index is 11.3. The molecule has 0 unspecified atom stereocenters. The summed E-state index contributed by atoms with van der Waals surface area (Å²) in [5, 5.41) is 12.3. The number of allylic oxidation sites excluding steroid dienone is 1. The van der Waals surface area contributed by atoms with E-state index in [1.165, 1.54) is 13.0 Å². The van der Waals surface area contributed by atoms with Crippen LogP contribution < -0.4 is 0 Å². The summed E-state index contributed by atoms with van der Waals surface area (Å²) >= 11 is 0. The molecule has 0 spiro atoms. The number of fused-ring (bicyclic) bond motifs is 3. The maximum atomic E-state index is 11.3. The Morgan fingerprint density at radius 3 is 2.32 bits per heavy atom. The standard InChI is InChI=1S/C22H17NO2/c1-15(24)13-22(25)16-11-12-21-19(14-16)18-9-5-6-10-20(18)23(21)17-7-3-2-4-8-17/h2-14,25H,1H3. The number of carbonyl (C=O) groups excluding carboxylic acids is 1. The molecule has 0 aliphatic rings. The average molecular weight is 327 g/mol. The zero-order chi connectivity index (χ0) is 17.4. The van der Waals surface area contributed by atoms with E-state index in [0.717, 1.165) is 27.5 Å². The van der Waals surface area contributed by atoms with Crippen molar-refractivity contribution in [3.8, 4) is 5.69 Å². The normalized spacial score (nSPS) is 12.0. The van der Waals surface area contributed by atoms with Gasteiger partial charge < -0.3 is 9.67 Å². The lowest BCUT2D eigenvalue weighted by molar-refractivity contribution is -0.112. The molecule has 0 fully saturated rings. The van der Waals surface area contributed by atoms with E-state index in [2.05, 4.69) is 28.8 Å². The zero-order valence-corrected chi connectivity index (χ0v) is 13.8. The van der Waals surface area contributed by atoms with Gasteiger partial charge in [0.1, 0.15) is 5.76 Å². The van der Waals surface area contributed by atoms with Crippen LogP contribution in [0.1, 0.15) is 12.5 Å². The van der Waals surface area contributed by atoms with Gasteiger partial charge in [-0.15, -0.1) is 0 Å². The molecule has 3 heteroatoms. The first kappa shape index (κ1) is 15.2. The Morgan fingerprint density at radius 1 is 0.880 bits per heavy atom. The first-order chi connectivity index (χ1) is 12.1. The molecule has 4 aromatic rings. The topological polar surface area (TPSA) is 42.2 Å². The van der Waals surface area contributed by atoms with Gasteiger partial charge in [0.05, 0.1) is 11.0 Å². The lowest BCUT2D eigenvalue weighted by atomic mass is 10.1. The lowest BCUT2D eigenvalue weighted by Gasteiger charge is -2.07. The van der Waals surface area contributed by atoms with E-state index < -0.39 is 0 Å². The van der Waals surface area contributed by atoms with Crippen molar-refractivity contribution in [2.75, 3.05) is 0 Å². The van der Waals surface area contributed by atoms with Gasteiger partial charge in [-0.1, -0.05) is 36.4 Å². The smallest absolute Gasteiger partial charge is 0.156 e. The number of para-hydroxylation sites is 2. The van der Waals surface area contributed by atoms with Crippen LogP contribution in [0.3, 0.4) is 0 Å². The molecule has 4 rings (SSSR count). The summed E-state index contributed by atoms with van der Waals surface area (Å²) in [5.74, 6) is -0.185. The summed E-state index contributed by atoms with van der Waals surface area (Å²) in [6.07, 6.45) is 1.25. The number of aromatic nitrogens is 1. The molecule has 0 atom stereocenters. The van der Waals surface area contributed by atoms with Crippen LogP contribution in [0.25, 0.3) is 33.3 Å². The van der Waals surface area contributed by atoms with E-state index in [1.54, 1.807) is 0 Å². The highest BCUT2D eigenvalue weighted by molar-refractivity contribution is 6.10. The molecule has 122 valence electrons. The number of hydrogen-bond donors (Lipinski definition) is 1. The number of rotatable bonds is 3. The van der Waals surface area contributed by atoms with Gasteiger partial charge in [-0.2, -0.15) is 0 Å². The molecule has 1 heterocycles. The molecule has 0 bridgehead atoms. The molecule has 25 heavy (non-hydrogen) atoms. The van der Waals surface area contributed by atoms with Crippen molar-refractivity contribution in [3.05, 3.63) is 84.4 Å². The van der Waals surface area contributed by atoms with E-state index in [9.17, 15) is 9.90 Å². The van der Waals surface area contributed by atoms with Crippen LogP contribution in [-0.4, -0.2) is 15.5 Å². The molecule has 0 aliphatic carbocycles. The van der Waals surface area contributed by atoms with Gasteiger partial charge in [-0.3, -0.25) is 4.79 Å². The van der Waals surface area contributed by atoms with Crippen molar-refractivity contribution in [2.45, 2.75) is 6.92 Å². The minimum Gasteiger partial charge on any atom is -0.507 e. The predicted molar refractivity (Wildman–Crippen MR) is 102 cm³/mol. The van der Waals surface area contributed by atoms with Crippen LogP contribution in [0.5, 0.6) is 0 Å². The van der Waals surface area contributed by atoms with Crippen molar-refractivity contribution in [1.82, 2.24) is 4.57 Å². The zero-order valence-electron chi connectivity index (χ0n) is 13.8. The maximum Gasteiger partial charge on any atom is 0.156 e. The van der Waals surface area contributed by atoms with Crippen molar-refractivity contribution in [1.29, 1.82) is 0 Å². The third kappa shape index (κ3) is 2.60. The first-order valence-electron chi connectivity index (χ1n) is 8.15. The number of hydrogen-bond acceptors (Lipinski definition) is 2. The van der Waals surface area contributed by atoms with Gasteiger partial charge in [0, 0.05) is 28.1 Å². The summed E-state index contributed by atoms with van der Waals surface area (Å²) in [7, 11) is 0. The summed E-state index contributed by atoms with van der Waals surface area (Å²) in [6, 6.07) is 24.2. The monoisotopic (exact) mass is 327 g/mol. The SMILES string of the molecule is CC(=O)C=C(O)c1ccc2c(c1)c1ccccc1n2-c1ccccc1. The van der Waals surface area contributed by atoms with Gasteiger partial charge in [-0.25, -0.2) is 0 Å². The highest BCUT2D eigenvalue weighted by atomic mass is 16.3. The van der Waals surface area contributed by atoms with Crippen LogP contribution in [0.4, 0.5) is 0 Å². The van der Waals surface area contributed by atoms with E-state index in [-0.39, 0.29) is 11.5 Å². The third-order valence-electron chi connectivity index (χ3n) is 4.32.